The van der Waals surface area contributed by atoms with Gasteiger partial charge in [-0.2, -0.15) is 5.10 Å². The van der Waals surface area contributed by atoms with Crippen molar-refractivity contribution >= 4 is 17.4 Å². The van der Waals surface area contributed by atoms with Crippen molar-refractivity contribution in [1.29, 1.82) is 0 Å². The van der Waals surface area contributed by atoms with E-state index in [1.54, 1.807) is 17.8 Å². The van der Waals surface area contributed by atoms with Crippen molar-refractivity contribution < 1.29 is 9.72 Å². The van der Waals surface area contributed by atoms with Crippen molar-refractivity contribution in [2.75, 3.05) is 11.9 Å². The van der Waals surface area contributed by atoms with Crippen molar-refractivity contribution in [1.82, 2.24) is 15.1 Å². The molecule has 0 aliphatic heterocycles. The molecule has 8 heteroatoms. The lowest BCUT2D eigenvalue weighted by molar-refractivity contribution is -0.384. The Balaban J connectivity index is 1.85. The molecule has 0 spiro atoms. The molecular weight excluding hydrogens is 286 g/mol. The van der Waals surface area contributed by atoms with E-state index in [4.69, 9.17) is 0 Å². The number of aromatic nitrogens is 2. The number of rotatable bonds is 5. The molecule has 8 nitrogen and oxygen atoms in total. The Kier molecular flexibility index (Phi) is 4.72. The summed E-state index contributed by atoms with van der Waals surface area (Å²) in [4.78, 5) is 22.0. The molecule has 0 bridgehead atoms. The molecule has 1 aromatic heterocycles. The van der Waals surface area contributed by atoms with Gasteiger partial charge in [0, 0.05) is 30.6 Å². The van der Waals surface area contributed by atoms with Crippen molar-refractivity contribution in [2.24, 2.45) is 0 Å². The van der Waals surface area contributed by atoms with E-state index in [-0.39, 0.29) is 11.7 Å². The van der Waals surface area contributed by atoms with Crippen LogP contribution < -0.4 is 10.6 Å². The van der Waals surface area contributed by atoms with Crippen LogP contribution in [0.5, 0.6) is 0 Å². The maximum absolute atomic E-state index is 11.8. The molecule has 0 radical (unpaired) electrons. The van der Waals surface area contributed by atoms with Crippen LogP contribution in [0.15, 0.2) is 30.6 Å². The molecule has 1 aromatic carbocycles. The van der Waals surface area contributed by atoms with Gasteiger partial charge in [-0.15, -0.1) is 0 Å². The Morgan fingerprint density at radius 2 is 2.18 bits per heavy atom. The number of anilines is 1. The first-order valence-electron chi connectivity index (χ1n) is 6.74. The summed E-state index contributed by atoms with van der Waals surface area (Å²) >= 11 is 0. The van der Waals surface area contributed by atoms with Crippen LogP contribution in [0.2, 0.25) is 0 Å². The Hall–Kier alpha value is -2.90. The van der Waals surface area contributed by atoms with Gasteiger partial charge >= 0.3 is 6.03 Å². The molecule has 2 rings (SSSR count). The van der Waals surface area contributed by atoms with Crippen molar-refractivity contribution in [3.05, 3.63) is 51.8 Å². The van der Waals surface area contributed by atoms with Gasteiger partial charge in [-0.1, -0.05) is 0 Å². The molecule has 0 atom stereocenters. The Morgan fingerprint density at radius 1 is 1.41 bits per heavy atom. The highest BCUT2D eigenvalue weighted by Crippen LogP contribution is 2.20. The van der Waals surface area contributed by atoms with Crippen LogP contribution in [0.4, 0.5) is 16.2 Å². The highest BCUT2D eigenvalue weighted by atomic mass is 16.6. The summed E-state index contributed by atoms with van der Waals surface area (Å²) in [7, 11) is 0. The molecule has 22 heavy (non-hydrogen) atoms. The molecule has 1 heterocycles. The summed E-state index contributed by atoms with van der Waals surface area (Å²) in [6.07, 6.45) is 3.64. The van der Waals surface area contributed by atoms with Crippen LogP contribution in [-0.2, 0) is 6.54 Å². The number of non-ortho nitro benzene ring substituents is 1. The third kappa shape index (κ3) is 4.05. The maximum atomic E-state index is 11.8. The van der Waals surface area contributed by atoms with Gasteiger partial charge < -0.3 is 10.6 Å². The van der Waals surface area contributed by atoms with Gasteiger partial charge in [-0.05, 0) is 31.0 Å². The lowest BCUT2D eigenvalue weighted by atomic mass is 10.2. The Bertz CT molecular complexity index is 696. The first kappa shape index (κ1) is 15.5. The summed E-state index contributed by atoms with van der Waals surface area (Å²) < 4.78 is 1.74. The molecule has 2 N–H and O–H groups in total. The monoisotopic (exact) mass is 303 g/mol. The summed E-state index contributed by atoms with van der Waals surface area (Å²) in [6, 6.07) is 3.93. The standard InChI is InChI=1S/C14H17N5O3/c1-10-8-16-18(9-10)6-5-15-14(20)17-13-4-3-12(19(21)22)7-11(13)2/h3-4,7-9H,5-6H2,1-2H3,(H2,15,17,20). The SMILES string of the molecule is Cc1cnn(CCNC(=O)Nc2ccc([N+](=O)[O-])cc2C)c1. The van der Waals surface area contributed by atoms with Crippen molar-refractivity contribution in [3.8, 4) is 0 Å². The van der Waals surface area contributed by atoms with Crippen LogP contribution in [0.3, 0.4) is 0 Å². The van der Waals surface area contributed by atoms with Gasteiger partial charge in [-0.3, -0.25) is 14.8 Å². The first-order valence-corrected chi connectivity index (χ1v) is 6.74. The second kappa shape index (κ2) is 6.70. The van der Waals surface area contributed by atoms with Gasteiger partial charge in [0.15, 0.2) is 0 Å². The van der Waals surface area contributed by atoms with E-state index in [9.17, 15) is 14.9 Å². The fourth-order valence-electron chi connectivity index (χ4n) is 1.94. The molecule has 2 amide bonds. The number of hydrogen-bond donors (Lipinski definition) is 2. The van der Waals surface area contributed by atoms with Crippen molar-refractivity contribution in [3.63, 3.8) is 0 Å². The summed E-state index contributed by atoms with van der Waals surface area (Å²) in [5.74, 6) is 0. The average Bonchev–Trinajstić information content (AvgIpc) is 2.86. The number of amides is 2. The lowest BCUT2D eigenvalue weighted by Gasteiger charge is -2.09. The zero-order valence-corrected chi connectivity index (χ0v) is 12.4. The third-order valence-corrected chi connectivity index (χ3v) is 3.06. The van der Waals surface area contributed by atoms with Crippen LogP contribution in [-0.4, -0.2) is 27.3 Å². The molecule has 0 unspecified atom stereocenters. The predicted molar refractivity (Wildman–Crippen MR) is 81.8 cm³/mol. The zero-order chi connectivity index (χ0) is 16.1. The normalized spacial score (nSPS) is 10.3. The summed E-state index contributed by atoms with van der Waals surface area (Å²) in [5.41, 5.74) is 2.23. The van der Waals surface area contributed by atoms with Crippen LogP contribution >= 0.6 is 0 Å². The van der Waals surface area contributed by atoms with Crippen LogP contribution in [0.25, 0.3) is 0 Å². The average molecular weight is 303 g/mol. The van der Waals surface area contributed by atoms with Gasteiger partial charge in [-0.25, -0.2) is 4.79 Å². The second-order valence-electron chi connectivity index (χ2n) is 4.92. The molecule has 2 aromatic rings. The number of benzene rings is 1. The fourth-order valence-corrected chi connectivity index (χ4v) is 1.94. The van der Waals surface area contributed by atoms with E-state index in [0.717, 1.165) is 5.56 Å². The molecule has 0 saturated heterocycles. The molecule has 0 saturated carbocycles. The Morgan fingerprint density at radius 3 is 2.77 bits per heavy atom. The fraction of sp³-hybridized carbons (Fsp3) is 0.286. The second-order valence-corrected chi connectivity index (χ2v) is 4.92. The number of aryl methyl sites for hydroxylation is 2. The topological polar surface area (TPSA) is 102 Å². The molecule has 116 valence electrons. The van der Waals surface area contributed by atoms with Crippen molar-refractivity contribution in [2.45, 2.75) is 20.4 Å². The predicted octanol–water partition coefficient (Wildman–Crippen LogP) is 2.23. The van der Waals surface area contributed by atoms with E-state index in [0.29, 0.717) is 24.3 Å². The minimum atomic E-state index is -0.469. The highest BCUT2D eigenvalue weighted by molar-refractivity contribution is 5.90. The highest BCUT2D eigenvalue weighted by Gasteiger charge is 2.09. The number of nitrogens with one attached hydrogen (secondary N) is 2. The maximum Gasteiger partial charge on any atom is 0.319 e. The minimum absolute atomic E-state index is 0.00231. The van der Waals surface area contributed by atoms with Crippen LogP contribution in [0, 0.1) is 24.0 Å². The number of carbonyl (C=O) groups excluding carboxylic acids is 1. The molecular formula is C14H17N5O3. The smallest absolute Gasteiger partial charge is 0.319 e. The number of nitro benzene ring substituents is 1. The summed E-state index contributed by atoms with van der Waals surface area (Å²) in [5, 5.41) is 20.2. The van der Waals surface area contributed by atoms with Crippen LogP contribution in [0.1, 0.15) is 11.1 Å². The van der Waals surface area contributed by atoms with Gasteiger partial charge in [0.25, 0.3) is 5.69 Å². The quantitative estimate of drug-likeness (QED) is 0.653. The summed E-state index contributed by atoms with van der Waals surface area (Å²) in [6.45, 7) is 4.65. The van der Waals surface area contributed by atoms with E-state index in [2.05, 4.69) is 15.7 Å². The van der Waals surface area contributed by atoms with E-state index < -0.39 is 4.92 Å². The largest absolute Gasteiger partial charge is 0.336 e. The number of nitro groups is 1. The van der Waals surface area contributed by atoms with Gasteiger partial charge in [0.05, 0.1) is 17.7 Å². The van der Waals surface area contributed by atoms with Gasteiger partial charge in [0.1, 0.15) is 0 Å². The molecule has 0 fully saturated rings. The zero-order valence-electron chi connectivity index (χ0n) is 12.4. The first-order chi connectivity index (χ1) is 10.5. The lowest BCUT2D eigenvalue weighted by Crippen LogP contribution is -2.31. The molecule has 0 aliphatic carbocycles. The number of nitrogens with zero attached hydrogens (tertiary/aromatic N) is 3. The van der Waals surface area contributed by atoms with E-state index >= 15 is 0 Å². The number of carbonyl (C=O) groups is 1. The third-order valence-electron chi connectivity index (χ3n) is 3.06. The number of hydrogen-bond acceptors (Lipinski definition) is 4. The Labute approximate surface area is 127 Å². The van der Waals surface area contributed by atoms with Gasteiger partial charge in [0.2, 0.25) is 0 Å². The minimum Gasteiger partial charge on any atom is -0.336 e. The van der Waals surface area contributed by atoms with E-state index in [1.807, 2.05) is 13.1 Å². The molecule has 0 aliphatic rings. The van der Waals surface area contributed by atoms with E-state index in [1.165, 1.54) is 18.2 Å². The number of urea groups is 1.